The second-order valence-electron chi connectivity index (χ2n) is 3.60. The number of carboxylic acid groups (broad SMARTS) is 1. The van der Waals surface area contributed by atoms with Gasteiger partial charge in [0.05, 0.1) is 21.3 Å². The number of hydrogen-bond acceptors (Lipinski definition) is 2. The highest BCUT2D eigenvalue weighted by atomic mass is 35.5. The Hall–Kier alpha value is -1.36. The largest absolute Gasteiger partial charge is 0.478 e. The first kappa shape index (κ1) is 14.1. The summed E-state index contributed by atoms with van der Waals surface area (Å²) in [6.07, 6.45) is 2.02. The summed E-state index contributed by atoms with van der Waals surface area (Å²) in [5.41, 5.74) is -0.230. The van der Waals surface area contributed by atoms with Crippen molar-refractivity contribution in [3.63, 3.8) is 0 Å². The van der Waals surface area contributed by atoms with E-state index in [9.17, 15) is 9.18 Å². The molecule has 2 aromatic rings. The molecule has 98 valence electrons. The summed E-state index contributed by atoms with van der Waals surface area (Å²) in [6.45, 7) is 0. The van der Waals surface area contributed by atoms with Gasteiger partial charge in [0.15, 0.2) is 5.82 Å². The lowest BCUT2D eigenvalue weighted by Crippen LogP contribution is -2.04. The highest BCUT2D eigenvalue weighted by molar-refractivity contribution is 6.44. The fraction of sp³-hybridized carbons (Fsp3) is 0. The van der Waals surface area contributed by atoms with Gasteiger partial charge in [-0.05, 0) is 12.1 Å². The molecule has 0 radical (unpaired) electrons. The van der Waals surface area contributed by atoms with Crippen LogP contribution in [-0.2, 0) is 0 Å². The summed E-state index contributed by atoms with van der Waals surface area (Å²) < 4.78 is 13.6. The van der Waals surface area contributed by atoms with Crippen LogP contribution in [0.1, 0.15) is 10.4 Å². The van der Waals surface area contributed by atoms with Crippen molar-refractivity contribution in [1.82, 2.24) is 4.98 Å². The number of pyridine rings is 1. The molecule has 0 saturated heterocycles. The normalized spacial score (nSPS) is 10.5. The van der Waals surface area contributed by atoms with Gasteiger partial charge in [0.25, 0.3) is 0 Å². The molecule has 0 amide bonds. The average Bonchev–Trinajstić information content (AvgIpc) is 2.33. The minimum atomic E-state index is -1.42. The maximum Gasteiger partial charge on any atom is 0.339 e. The van der Waals surface area contributed by atoms with Crippen LogP contribution in [0.25, 0.3) is 11.1 Å². The SMILES string of the molecule is O=C(O)c1c(F)cncc1-c1cc(Cl)c(Cl)cc1Cl. The van der Waals surface area contributed by atoms with Gasteiger partial charge < -0.3 is 5.11 Å². The molecule has 0 aliphatic rings. The number of aromatic nitrogens is 1. The number of aromatic carboxylic acids is 1. The Morgan fingerprint density at radius 3 is 2.32 bits per heavy atom. The second kappa shape index (κ2) is 5.33. The van der Waals surface area contributed by atoms with E-state index < -0.39 is 17.3 Å². The highest BCUT2D eigenvalue weighted by Gasteiger charge is 2.20. The predicted octanol–water partition coefficient (Wildman–Crippen LogP) is 4.55. The molecule has 0 bridgehead atoms. The van der Waals surface area contributed by atoms with Crippen LogP contribution in [0.3, 0.4) is 0 Å². The Morgan fingerprint density at radius 1 is 1.05 bits per heavy atom. The van der Waals surface area contributed by atoms with E-state index in [4.69, 9.17) is 39.9 Å². The molecule has 0 atom stereocenters. The summed E-state index contributed by atoms with van der Waals surface area (Å²) in [5.74, 6) is -2.37. The Balaban J connectivity index is 2.76. The molecule has 1 aromatic carbocycles. The van der Waals surface area contributed by atoms with Crippen molar-refractivity contribution in [2.75, 3.05) is 0 Å². The van der Waals surface area contributed by atoms with Crippen LogP contribution in [0.4, 0.5) is 4.39 Å². The molecule has 7 heteroatoms. The molecule has 2 rings (SSSR count). The Bertz CT molecular complexity index is 676. The van der Waals surface area contributed by atoms with Crippen LogP contribution >= 0.6 is 34.8 Å². The van der Waals surface area contributed by atoms with Crippen molar-refractivity contribution in [3.8, 4) is 11.1 Å². The van der Waals surface area contributed by atoms with E-state index in [1.165, 1.54) is 18.3 Å². The smallest absolute Gasteiger partial charge is 0.339 e. The topological polar surface area (TPSA) is 50.2 Å². The van der Waals surface area contributed by atoms with Crippen LogP contribution in [0.15, 0.2) is 24.5 Å². The van der Waals surface area contributed by atoms with Crippen LogP contribution < -0.4 is 0 Å². The Kier molecular flexibility index (Phi) is 3.94. The first-order valence-corrected chi connectivity index (χ1v) is 6.07. The summed E-state index contributed by atoms with van der Waals surface area (Å²) in [5, 5.41) is 9.61. The summed E-state index contributed by atoms with van der Waals surface area (Å²) in [6, 6.07) is 2.73. The maximum absolute atomic E-state index is 13.6. The fourth-order valence-electron chi connectivity index (χ4n) is 1.59. The summed E-state index contributed by atoms with van der Waals surface area (Å²) in [7, 11) is 0. The molecule has 0 aliphatic carbocycles. The van der Waals surface area contributed by atoms with E-state index in [0.29, 0.717) is 0 Å². The predicted molar refractivity (Wildman–Crippen MR) is 71.6 cm³/mol. The van der Waals surface area contributed by atoms with Gasteiger partial charge in [0, 0.05) is 17.3 Å². The first-order chi connectivity index (χ1) is 8.91. The number of carbonyl (C=O) groups is 1. The minimum absolute atomic E-state index is 0.0380. The van der Waals surface area contributed by atoms with Gasteiger partial charge in [-0.3, -0.25) is 4.98 Å². The van der Waals surface area contributed by atoms with Gasteiger partial charge in [0.2, 0.25) is 0 Å². The number of halogens is 4. The summed E-state index contributed by atoms with van der Waals surface area (Å²) >= 11 is 17.6. The highest BCUT2D eigenvalue weighted by Crippen LogP contribution is 2.36. The minimum Gasteiger partial charge on any atom is -0.478 e. The molecular formula is C12H5Cl3FNO2. The third-order valence-corrected chi connectivity index (χ3v) is 3.45. The zero-order chi connectivity index (χ0) is 14.2. The van der Waals surface area contributed by atoms with Crippen LogP contribution in [0.5, 0.6) is 0 Å². The van der Waals surface area contributed by atoms with Crippen LogP contribution in [-0.4, -0.2) is 16.1 Å². The van der Waals surface area contributed by atoms with Crippen LogP contribution in [0.2, 0.25) is 15.1 Å². The zero-order valence-electron chi connectivity index (χ0n) is 9.12. The molecule has 1 aromatic heterocycles. The Morgan fingerprint density at radius 2 is 1.68 bits per heavy atom. The number of carboxylic acids is 1. The van der Waals surface area contributed by atoms with E-state index in [-0.39, 0.29) is 26.2 Å². The molecule has 0 unspecified atom stereocenters. The maximum atomic E-state index is 13.6. The van der Waals surface area contributed by atoms with Gasteiger partial charge in [0.1, 0.15) is 5.56 Å². The van der Waals surface area contributed by atoms with E-state index >= 15 is 0 Å². The summed E-state index contributed by atoms with van der Waals surface area (Å²) in [4.78, 5) is 14.7. The molecule has 3 nitrogen and oxygen atoms in total. The van der Waals surface area contributed by atoms with Crippen LogP contribution in [0, 0.1) is 5.82 Å². The van der Waals surface area contributed by atoms with E-state index in [1.54, 1.807) is 0 Å². The monoisotopic (exact) mass is 319 g/mol. The van der Waals surface area contributed by atoms with Crippen molar-refractivity contribution in [3.05, 3.63) is 51.0 Å². The molecule has 0 fully saturated rings. The lowest BCUT2D eigenvalue weighted by atomic mass is 10.0. The molecule has 1 heterocycles. The molecule has 0 saturated carbocycles. The second-order valence-corrected chi connectivity index (χ2v) is 4.82. The molecule has 0 aliphatic heterocycles. The van der Waals surface area contributed by atoms with Crippen molar-refractivity contribution in [2.45, 2.75) is 0 Å². The van der Waals surface area contributed by atoms with E-state index in [0.717, 1.165) is 6.20 Å². The first-order valence-electron chi connectivity index (χ1n) is 4.93. The van der Waals surface area contributed by atoms with Crippen molar-refractivity contribution in [2.24, 2.45) is 0 Å². The quantitative estimate of drug-likeness (QED) is 0.826. The van der Waals surface area contributed by atoms with Crippen molar-refractivity contribution < 1.29 is 14.3 Å². The molecule has 0 spiro atoms. The molecule has 19 heavy (non-hydrogen) atoms. The number of benzene rings is 1. The van der Waals surface area contributed by atoms with Gasteiger partial charge in [-0.1, -0.05) is 34.8 Å². The average molecular weight is 321 g/mol. The Labute approximate surface area is 122 Å². The van der Waals surface area contributed by atoms with Gasteiger partial charge >= 0.3 is 5.97 Å². The molecule has 1 N–H and O–H groups in total. The standard InChI is InChI=1S/C12H5Cl3FNO2/c13-7-2-9(15)8(14)1-5(7)6-3-17-4-10(16)11(6)12(18)19/h1-4H,(H,18,19). The zero-order valence-corrected chi connectivity index (χ0v) is 11.4. The third-order valence-electron chi connectivity index (χ3n) is 2.41. The lowest BCUT2D eigenvalue weighted by Gasteiger charge is -2.09. The number of hydrogen-bond donors (Lipinski definition) is 1. The third kappa shape index (κ3) is 2.66. The lowest BCUT2D eigenvalue weighted by molar-refractivity contribution is 0.0692. The number of nitrogens with zero attached hydrogens (tertiary/aromatic N) is 1. The van der Waals surface area contributed by atoms with Crippen molar-refractivity contribution in [1.29, 1.82) is 0 Å². The van der Waals surface area contributed by atoms with E-state index in [2.05, 4.69) is 4.98 Å². The van der Waals surface area contributed by atoms with E-state index in [1.807, 2.05) is 0 Å². The molecular weight excluding hydrogens is 315 g/mol. The van der Waals surface area contributed by atoms with Gasteiger partial charge in [-0.2, -0.15) is 0 Å². The van der Waals surface area contributed by atoms with Crippen molar-refractivity contribution >= 4 is 40.8 Å². The fourth-order valence-corrected chi connectivity index (χ4v) is 2.23. The van der Waals surface area contributed by atoms with Gasteiger partial charge in [-0.25, -0.2) is 9.18 Å². The number of rotatable bonds is 2. The van der Waals surface area contributed by atoms with Gasteiger partial charge in [-0.15, -0.1) is 0 Å².